The largest absolute Gasteiger partial charge is 0.355 e. The minimum atomic E-state index is -0.144. The van der Waals surface area contributed by atoms with Crippen LogP contribution >= 0.6 is 0 Å². The van der Waals surface area contributed by atoms with Crippen molar-refractivity contribution in [2.75, 3.05) is 6.54 Å². The van der Waals surface area contributed by atoms with Gasteiger partial charge in [0.05, 0.1) is 0 Å². The van der Waals surface area contributed by atoms with Crippen LogP contribution < -0.4 is 5.32 Å². The topological polar surface area (TPSA) is 59.1 Å². The van der Waals surface area contributed by atoms with E-state index in [1.807, 2.05) is 12.1 Å². The van der Waals surface area contributed by atoms with Crippen LogP contribution in [0.4, 0.5) is 0 Å². The Morgan fingerprint density at radius 1 is 1.22 bits per heavy atom. The smallest absolute Gasteiger partial charge is 0.220 e. The molecule has 0 atom stereocenters. The molecule has 1 N–H and O–H groups in total. The van der Waals surface area contributed by atoms with E-state index < -0.39 is 0 Å². The van der Waals surface area contributed by atoms with Crippen LogP contribution in [0.25, 0.3) is 0 Å². The maximum absolute atomic E-state index is 11.5. The summed E-state index contributed by atoms with van der Waals surface area (Å²) in [4.78, 5) is 26.3. The fourth-order valence-electron chi connectivity index (χ4n) is 1.60. The monoisotopic (exact) mass is 248 g/mol. The van der Waals surface area contributed by atoms with E-state index in [2.05, 4.69) is 24.1 Å². The molecule has 18 heavy (non-hydrogen) atoms. The molecule has 1 rings (SSSR count). The van der Waals surface area contributed by atoms with E-state index in [0.29, 0.717) is 13.0 Å². The lowest BCUT2D eigenvalue weighted by Gasteiger charge is -2.25. The Balaban J connectivity index is 2.47. The summed E-state index contributed by atoms with van der Waals surface area (Å²) in [6, 6.07) is 3.89. The highest BCUT2D eigenvalue weighted by Gasteiger charge is 2.21. The Hall–Kier alpha value is -1.71. The first kappa shape index (κ1) is 14.4. The van der Waals surface area contributed by atoms with Crippen molar-refractivity contribution in [2.24, 2.45) is 0 Å². The molecule has 0 fully saturated rings. The highest BCUT2D eigenvalue weighted by Crippen LogP contribution is 2.21. The summed E-state index contributed by atoms with van der Waals surface area (Å²) < 4.78 is 0. The van der Waals surface area contributed by atoms with Crippen molar-refractivity contribution in [1.29, 1.82) is 0 Å². The van der Waals surface area contributed by atoms with Crippen LogP contribution in [0, 0.1) is 0 Å². The molecular weight excluding hydrogens is 228 g/mol. The number of carbonyl (C=O) groups is 2. The van der Waals surface area contributed by atoms with Gasteiger partial charge in [0.15, 0.2) is 0 Å². The van der Waals surface area contributed by atoms with E-state index in [1.165, 1.54) is 6.92 Å². The molecule has 0 bridgehead atoms. The van der Waals surface area contributed by atoms with Crippen LogP contribution in [0.3, 0.4) is 0 Å². The number of hydrogen-bond acceptors (Lipinski definition) is 3. The molecule has 4 nitrogen and oxygen atoms in total. The first-order valence-corrected chi connectivity index (χ1v) is 6.08. The Bertz CT molecular complexity index is 413. The van der Waals surface area contributed by atoms with Gasteiger partial charge in [-0.1, -0.05) is 13.8 Å². The Labute approximate surface area is 108 Å². The summed E-state index contributed by atoms with van der Waals surface area (Å²) in [5, 5.41) is 2.87. The molecule has 0 aliphatic rings. The van der Waals surface area contributed by atoms with Gasteiger partial charge in [0.25, 0.3) is 0 Å². The third-order valence-corrected chi connectivity index (χ3v) is 2.89. The number of rotatable bonds is 6. The molecule has 98 valence electrons. The second kappa shape index (κ2) is 6.28. The lowest BCUT2D eigenvalue weighted by atomic mass is 9.85. The molecule has 0 aliphatic carbocycles. The molecule has 0 saturated carbocycles. The highest BCUT2D eigenvalue weighted by molar-refractivity contribution is 5.83. The predicted molar refractivity (Wildman–Crippen MR) is 70.2 cm³/mol. The van der Waals surface area contributed by atoms with E-state index >= 15 is 0 Å². The van der Waals surface area contributed by atoms with E-state index in [4.69, 9.17) is 0 Å². The third-order valence-electron chi connectivity index (χ3n) is 2.89. The molecule has 0 unspecified atom stereocenters. The van der Waals surface area contributed by atoms with Gasteiger partial charge in [-0.3, -0.25) is 9.78 Å². The summed E-state index contributed by atoms with van der Waals surface area (Å²) in [7, 11) is 0. The van der Waals surface area contributed by atoms with Gasteiger partial charge in [-0.2, -0.15) is 0 Å². The minimum absolute atomic E-state index is 0.0403. The van der Waals surface area contributed by atoms with Gasteiger partial charge in [0.2, 0.25) is 5.91 Å². The first-order valence-electron chi connectivity index (χ1n) is 6.08. The number of pyridine rings is 1. The maximum atomic E-state index is 11.5. The van der Waals surface area contributed by atoms with E-state index in [0.717, 1.165) is 5.56 Å². The molecule has 1 amide bonds. The van der Waals surface area contributed by atoms with Crippen LogP contribution in [0.2, 0.25) is 0 Å². The standard InChI is InChI=1S/C14H20N2O2/c1-11(17)4-5-13(18)16-10-14(2,3)12-6-8-15-9-7-12/h6-9H,4-5,10H2,1-3H3,(H,16,18). The van der Waals surface area contributed by atoms with Crippen molar-refractivity contribution in [1.82, 2.24) is 10.3 Å². The van der Waals surface area contributed by atoms with Gasteiger partial charge in [0, 0.05) is 37.2 Å². The van der Waals surface area contributed by atoms with Gasteiger partial charge in [-0.25, -0.2) is 0 Å². The number of Topliss-reactive ketones (excluding diaryl/α,β-unsaturated/α-hetero) is 1. The summed E-state index contributed by atoms with van der Waals surface area (Å²) in [5.74, 6) is -0.0362. The molecule has 1 heterocycles. The Kier molecular flexibility index (Phi) is 5.01. The van der Waals surface area contributed by atoms with Gasteiger partial charge in [-0.05, 0) is 24.6 Å². The molecule has 1 aromatic heterocycles. The minimum Gasteiger partial charge on any atom is -0.355 e. The summed E-state index contributed by atoms with van der Waals surface area (Å²) in [6.07, 6.45) is 4.06. The molecule has 0 aromatic carbocycles. The van der Waals surface area contributed by atoms with Gasteiger partial charge in [-0.15, -0.1) is 0 Å². The van der Waals surface area contributed by atoms with E-state index in [1.54, 1.807) is 12.4 Å². The molecule has 0 spiro atoms. The number of ketones is 1. The quantitative estimate of drug-likeness (QED) is 0.835. The third kappa shape index (κ3) is 4.65. The normalized spacial score (nSPS) is 11.1. The lowest BCUT2D eigenvalue weighted by molar-refractivity contribution is -0.124. The highest BCUT2D eigenvalue weighted by atomic mass is 16.2. The number of nitrogens with zero attached hydrogens (tertiary/aromatic N) is 1. The average molecular weight is 248 g/mol. The van der Waals surface area contributed by atoms with Crippen LogP contribution in [-0.2, 0) is 15.0 Å². The van der Waals surface area contributed by atoms with Crippen molar-refractivity contribution in [3.63, 3.8) is 0 Å². The van der Waals surface area contributed by atoms with Crippen LogP contribution in [-0.4, -0.2) is 23.2 Å². The average Bonchev–Trinajstić information content (AvgIpc) is 2.35. The lowest BCUT2D eigenvalue weighted by Crippen LogP contribution is -2.36. The molecule has 1 aromatic rings. The maximum Gasteiger partial charge on any atom is 0.220 e. The number of carbonyl (C=O) groups excluding carboxylic acids is 2. The first-order chi connectivity index (χ1) is 8.42. The summed E-state index contributed by atoms with van der Waals surface area (Å²) in [6.45, 7) is 6.17. The fraction of sp³-hybridized carbons (Fsp3) is 0.500. The number of amides is 1. The summed E-state index contributed by atoms with van der Waals surface area (Å²) >= 11 is 0. The molecular formula is C14H20N2O2. The van der Waals surface area contributed by atoms with Crippen molar-refractivity contribution >= 4 is 11.7 Å². The van der Waals surface area contributed by atoms with Gasteiger partial charge < -0.3 is 10.1 Å². The predicted octanol–water partition coefficient (Wildman–Crippen LogP) is 1.84. The second-order valence-electron chi connectivity index (χ2n) is 5.10. The molecule has 0 radical (unpaired) electrons. The number of hydrogen-bond donors (Lipinski definition) is 1. The van der Waals surface area contributed by atoms with Crippen LogP contribution in [0.1, 0.15) is 39.2 Å². The fourth-order valence-corrected chi connectivity index (χ4v) is 1.60. The second-order valence-corrected chi connectivity index (χ2v) is 5.10. The van der Waals surface area contributed by atoms with Crippen molar-refractivity contribution in [2.45, 2.75) is 39.0 Å². The SMILES string of the molecule is CC(=O)CCC(=O)NCC(C)(C)c1ccncc1. The summed E-state index contributed by atoms with van der Waals surface area (Å²) in [5.41, 5.74) is 0.985. The van der Waals surface area contributed by atoms with E-state index in [9.17, 15) is 9.59 Å². The number of nitrogens with one attached hydrogen (secondary N) is 1. The van der Waals surface area contributed by atoms with Gasteiger partial charge in [0.1, 0.15) is 5.78 Å². The van der Waals surface area contributed by atoms with Crippen molar-refractivity contribution in [3.05, 3.63) is 30.1 Å². The zero-order chi connectivity index (χ0) is 13.6. The molecule has 4 heteroatoms. The molecule has 0 aliphatic heterocycles. The van der Waals surface area contributed by atoms with E-state index in [-0.39, 0.29) is 23.5 Å². The van der Waals surface area contributed by atoms with Crippen LogP contribution in [0.5, 0.6) is 0 Å². The van der Waals surface area contributed by atoms with Gasteiger partial charge >= 0.3 is 0 Å². The Morgan fingerprint density at radius 3 is 2.39 bits per heavy atom. The zero-order valence-electron chi connectivity index (χ0n) is 11.2. The van der Waals surface area contributed by atoms with Crippen molar-refractivity contribution in [3.8, 4) is 0 Å². The van der Waals surface area contributed by atoms with Crippen molar-refractivity contribution < 1.29 is 9.59 Å². The van der Waals surface area contributed by atoms with Crippen LogP contribution in [0.15, 0.2) is 24.5 Å². The molecule has 0 saturated heterocycles. The zero-order valence-corrected chi connectivity index (χ0v) is 11.2. The Morgan fingerprint density at radius 2 is 1.83 bits per heavy atom. The number of aromatic nitrogens is 1.